The summed E-state index contributed by atoms with van der Waals surface area (Å²) in [6.45, 7) is 19.2. The summed E-state index contributed by atoms with van der Waals surface area (Å²) in [5.41, 5.74) is 6.70. The van der Waals surface area contributed by atoms with Crippen molar-refractivity contribution in [3.63, 3.8) is 0 Å². The molecule has 0 saturated carbocycles. The van der Waals surface area contributed by atoms with Crippen LogP contribution < -0.4 is 0 Å². The molecule has 0 saturated heterocycles. The Bertz CT molecular complexity index is 1860. The maximum absolute atomic E-state index is 11.7. The van der Waals surface area contributed by atoms with Crippen LogP contribution in [0.15, 0.2) is 77.5 Å². The number of hydrogen-bond acceptors (Lipinski definition) is 6. The third kappa shape index (κ3) is 9.95. The first-order chi connectivity index (χ1) is 22.9. The van der Waals surface area contributed by atoms with Gasteiger partial charge in [0.25, 0.3) is 0 Å². The van der Waals surface area contributed by atoms with E-state index in [2.05, 4.69) is 92.0 Å². The van der Waals surface area contributed by atoms with E-state index in [0.717, 1.165) is 71.1 Å². The van der Waals surface area contributed by atoms with Crippen molar-refractivity contribution < 1.29 is 34.4 Å². The number of fused-ring (bicyclic) bond motifs is 2. The molecule has 0 unspecified atom stereocenters. The summed E-state index contributed by atoms with van der Waals surface area (Å²) < 4.78 is 5.72. The third-order valence-corrected chi connectivity index (χ3v) is 9.04. The van der Waals surface area contributed by atoms with Gasteiger partial charge in [0, 0.05) is 49.1 Å². The third-order valence-electron chi connectivity index (χ3n) is 9.04. The van der Waals surface area contributed by atoms with Gasteiger partial charge < -0.3 is 9.52 Å². The van der Waals surface area contributed by atoms with Crippen LogP contribution in [0.25, 0.3) is 44.4 Å². The second kappa shape index (κ2) is 17.8. The molecule has 0 atom stereocenters. The minimum atomic E-state index is 0. The number of furan rings is 1. The summed E-state index contributed by atoms with van der Waals surface area (Å²) in [4.78, 5) is 25.5. The van der Waals surface area contributed by atoms with Crippen molar-refractivity contribution in [1.29, 1.82) is 0 Å². The van der Waals surface area contributed by atoms with E-state index in [9.17, 15) is 9.90 Å². The summed E-state index contributed by atoms with van der Waals surface area (Å²) in [6, 6.07) is 18.3. The van der Waals surface area contributed by atoms with Crippen molar-refractivity contribution in [3.8, 4) is 22.6 Å². The van der Waals surface area contributed by atoms with E-state index < -0.39 is 0 Å². The number of pyridine rings is 1. The minimum absolute atomic E-state index is 0. The molecule has 1 N–H and O–H groups in total. The molecule has 49 heavy (non-hydrogen) atoms. The van der Waals surface area contributed by atoms with Gasteiger partial charge in [-0.15, -0.1) is 29.1 Å². The molecule has 3 aromatic heterocycles. The molecule has 1 radical (unpaired) electrons. The number of aliphatic hydroxyl groups excluding tert-OH is 1. The van der Waals surface area contributed by atoms with E-state index in [1.165, 1.54) is 22.6 Å². The number of aliphatic hydroxyl groups is 1. The average Bonchev–Trinajstić information content (AvgIpc) is 3.46. The first-order valence-electron chi connectivity index (χ1n) is 17.5. The second-order valence-corrected chi connectivity index (χ2v) is 14.1. The van der Waals surface area contributed by atoms with Gasteiger partial charge in [-0.3, -0.25) is 14.8 Å². The van der Waals surface area contributed by atoms with Gasteiger partial charge in [-0.1, -0.05) is 91.5 Å². The van der Waals surface area contributed by atoms with E-state index in [1.54, 1.807) is 12.5 Å². The molecule has 0 fully saturated rings. The van der Waals surface area contributed by atoms with E-state index in [1.807, 2.05) is 40.0 Å². The van der Waals surface area contributed by atoms with Crippen molar-refractivity contribution in [2.45, 2.75) is 99.8 Å². The SMILES string of the molecule is CC(C)Cc1coc2cnc(-c3cc(-c4[c-]c5ccccc5c(C(C)(C)C)c4)ncn3)cc12.CCC(CC)C(=O)/C=C(\O)C(CC)CC.[Ir]. The fourth-order valence-corrected chi connectivity index (χ4v) is 6.14. The van der Waals surface area contributed by atoms with Crippen LogP contribution >= 0.6 is 0 Å². The van der Waals surface area contributed by atoms with Gasteiger partial charge in [0.1, 0.15) is 6.33 Å². The summed E-state index contributed by atoms with van der Waals surface area (Å²) in [5, 5.41) is 13.2. The number of benzene rings is 2. The van der Waals surface area contributed by atoms with Crippen molar-refractivity contribution in [1.82, 2.24) is 15.0 Å². The number of hydrogen-bond donors (Lipinski definition) is 1. The van der Waals surface area contributed by atoms with E-state index in [0.29, 0.717) is 5.92 Å². The molecule has 0 aliphatic rings. The van der Waals surface area contributed by atoms with Gasteiger partial charge in [0.2, 0.25) is 0 Å². The molecule has 263 valence electrons. The topological polar surface area (TPSA) is 89.1 Å². The predicted molar refractivity (Wildman–Crippen MR) is 198 cm³/mol. The van der Waals surface area contributed by atoms with Crippen LogP contribution in [0.1, 0.15) is 99.1 Å². The van der Waals surface area contributed by atoms with Crippen LogP contribution in [0, 0.1) is 23.8 Å². The Morgan fingerprint density at radius 1 is 0.878 bits per heavy atom. The zero-order valence-corrected chi connectivity index (χ0v) is 33.0. The Labute approximate surface area is 306 Å². The van der Waals surface area contributed by atoms with Crippen molar-refractivity contribution in [3.05, 3.63) is 90.3 Å². The van der Waals surface area contributed by atoms with Gasteiger partial charge in [0.15, 0.2) is 11.4 Å². The van der Waals surface area contributed by atoms with Crippen LogP contribution in [-0.4, -0.2) is 25.8 Å². The molecule has 5 rings (SSSR count). The molecule has 0 aliphatic carbocycles. The van der Waals surface area contributed by atoms with Gasteiger partial charge >= 0.3 is 0 Å². The fraction of sp³-hybridized carbons (Fsp3) is 0.429. The first-order valence-corrected chi connectivity index (χ1v) is 17.5. The summed E-state index contributed by atoms with van der Waals surface area (Å²) in [6.07, 6.45) is 11.1. The normalized spacial score (nSPS) is 12.0. The number of carbonyl (C=O) groups excluding carboxylic acids is 1. The zero-order chi connectivity index (χ0) is 35.0. The van der Waals surface area contributed by atoms with Crippen LogP contribution in [0.4, 0.5) is 0 Å². The molecule has 2 aromatic carbocycles. The van der Waals surface area contributed by atoms with Gasteiger partial charge in [-0.05, 0) is 61.1 Å². The Morgan fingerprint density at radius 2 is 1.51 bits per heavy atom. The van der Waals surface area contributed by atoms with Crippen LogP contribution in [0.2, 0.25) is 0 Å². The van der Waals surface area contributed by atoms with Crippen LogP contribution in [0.3, 0.4) is 0 Å². The smallest absolute Gasteiger partial charge is 0.162 e. The Kier molecular flexibility index (Phi) is 14.5. The first kappa shape index (κ1) is 39.8. The van der Waals surface area contributed by atoms with Crippen molar-refractivity contribution >= 4 is 27.5 Å². The number of carbonyl (C=O) groups is 1. The summed E-state index contributed by atoms with van der Waals surface area (Å²) in [7, 11) is 0. The van der Waals surface area contributed by atoms with Crippen LogP contribution in [-0.2, 0) is 36.7 Å². The number of allylic oxidation sites excluding steroid dienone is 2. The predicted octanol–water partition coefficient (Wildman–Crippen LogP) is 11.3. The van der Waals surface area contributed by atoms with E-state index in [-0.39, 0.29) is 48.9 Å². The molecular formula is C42H52IrN3O3-. The average molecular weight is 839 g/mol. The Hall–Kier alpha value is -3.67. The Balaban J connectivity index is 0.000000347. The zero-order valence-electron chi connectivity index (χ0n) is 30.6. The minimum Gasteiger partial charge on any atom is -0.512 e. The molecule has 0 aliphatic heterocycles. The molecule has 7 heteroatoms. The number of aromatic nitrogens is 3. The second-order valence-electron chi connectivity index (χ2n) is 14.1. The Morgan fingerprint density at radius 3 is 2.14 bits per heavy atom. The van der Waals surface area contributed by atoms with Gasteiger partial charge in [-0.2, -0.15) is 0 Å². The number of nitrogens with zero attached hydrogens (tertiary/aromatic N) is 3. The quantitative estimate of drug-likeness (QED) is 0.0810. The molecule has 0 amide bonds. The standard InChI is InChI=1S/C29H28N3O.C13H24O2.Ir/c1-18(2)10-21-16-33-28-15-30-26(13-23(21)28)27-14-25(31-17-32-27)20-11-19-8-6-7-9-22(19)24(12-20)29(3,4)5;1-5-10(6-2)12(14)9-13(15)11(7-3)8-4;/h6-9,12-18H,10H2,1-5H3;9-11,14H,5-8H2,1-4H3;/q-1;;/b;12-9-;. The molecule has 0 bridgehead atoms. The summed E-state index contributed by atoms with van der Waals surface area (Å²) in [5.74, 6) is 1.10. The summed E-state index contributed by atoms with van der Waals surface area (Å²) >= 11 is 0. The van der Waals surface area contributed by atoms with E-state index in [4.69, 9.17) is 4.42 Å². The largest absolute Gasteiger partial charge is 0.512 e. The molecule has 5 aromatic rings. The molecule has 0 spiro atoms. The van der Waals surface area contributed by atoms with Crippen molar-refractivity contribution in [2.75, 3.05) is 0 Å². The number of ketones is 1. The maximum Gasteiger partial charge on any atom is 0.162 e. The van der Waals surface area contributed by atoms with Crippen LogP contribution in [0.5, 0.6) is 0 Å². The fourth-order valence-electron chi connectivity index (χ4n) is 6.14. The number of rotatable bonds is 11. The van der Waals surface area contributed by atoms with Crippen molar-refractivity contribution in [2.24, 2.45) is 17.8 Å². The molecular weight excluding hydrogens is 787 g/mol. The van der Waals surface area contributed by atoms with E-state index >= 15 is 0 Å². The molecule has 3 heterocycles. The van der Waals surface area contributed by atoms with Gasteiger partial charge in [-0.25, -0.2) is 4.98 Å². The van der Waals surface area contributed by atoms with Gasteiger partial charge in [0.05, 0.1) is 29.6 Å². The molecule has 6 nitrogen and oxygen atoms in total. The maximum atomic E-state index is 11.7. The monoisotopic (exact) mass is 839 g/mol.